The normalized spacial score (nSPS) is 14.2. The fourth-order valence-corrected chi connectivity index (χ4v) is 7.98. The Morgan fingerprint density at radius 3 is 1.31 bits per heavy atom. The monoisotopic (exact) mass is 958 g/mol. The van der Waals surface area contributed by atoms with Gasteiger partial charge in [0.25, 0.3) is 7.82 Å². The standard InChI is InChI=1S/C58H104NO7P/c1-6-8-10-12-14-16-18-20-22-24-26-28-30-31-33-35-37-39-41-43-45-47-49-51-58(60)66-57(56-65-67(61,62)64-54-52-59(3,4)5)55-63-53-50-48-46-44-42-40-38-36-34-32-29-27-25-23-21-19-17-15-13-11-9-7-2/h9,11,15,17,21,23-24,26-27,29,34,36,40,42,57H,6-8,10,12-14,16,18-20,22,25,28,30-33,35,37-39,41,43-56H2,1-5H3/b11-9-,17-15-,23-21-,26-24-,29-27-,36-34-,42-40-. The molecule has 0 aromatic rings. The van der Waals surface area contributed by atoms with Gasteiger partial charge in [0.1, 0.15) is 19.3 Å². The molecule has 0 heterocycles. The third kappa shape index (κ3) is 54.5. The molecular weight excluding hydrogens is 854 g/mol. The Balaban J connectivity index is 4.19. The molecule has 0 radical (unpaired) electrons. The number of hydrogen-bond donors (Lipinski definition) is 0. The van der Waals surface area contributed by atoms with Crippen molar-refractivity contribution in [3.05, 3.63) is 85.1 Å². The van der Waals surface area contributed by atoms with Crippen LogP contribution < -0.4 is 4.89 Å². The quantitative estimate of drug-likeness (QED) is 0.0197. The zero-order valence-electron chi connectivity index (χ0n) is 44.1. The molecule has 0 saturated heterocycles. The van der Waals surface area contributed by atoms with Crippen molar-refractivity contribution in [2.24, 2.45) is 0 Å². The fraction of sp³-hybridized carbons (Fsp3) is 0.741. The van der Waals surface area contributed by atoms with Gasteiger partial charge in [-0.15, -0.1) is 0 Å². The lowest BCUT2D eigenvalue weighted by Gasteiger charge is -2.28. The summed E-state index contributed by atoms with van der Waals surface area (Å²) in [4.78, 5) is 25.2. The maximum absolute atomic E-state index is 12.8. The van der Waals surface area contributed by atoms with Crippen LogP contribution in [0.5, 0.6) is 0 Å². The van der Waals surface area contributed by atoms with Gasteiger partial charge in [0.05, 0.1) is 34.4 Å². The molecule has 8 nitrogen and oxygen atoms in total. The highest BCUT2D eigenvalue weighted by molar-refractivity contribution is 7.45. The number of phosphoric ester groups is 1. The molecular formula is C58H104NO7P. The summed E-state index contributed by atoms with van der Waals surface area (Å²) in [5.74, 6) is -0.348. The summed E-state index contributed by atoms with van der Waals surface area (Å²) in [6.45, 7) is 5.22. The van der Waals surface area contributed by atoms with Gasteiger partial charge >= 0.3 is 5.97 Å². The lowest BCUT2D eigenvalue weighted by molar-refractivity contribution is -0.870. The Hall–Kier alpha value is -2.32. The molecule has 0 amide bonds. The van der Waals surface area contributed by atoms with E-state index < -0.39 is 13.9 Å². The van der Waals surface area contributed by atoms with Crippen molar-refractivity contribution >= 4 is 13.8 Å². The summed E-state index contributed by atoms with van der Waals surface area (Å²) in [5.41, 5.74) is 0. The minimum atomic E-state index is -4.55. The molecule has 388 valence electrons. The first-order chi connectivity index (χ1) is 32.6. The molecule has 0 fully saturated rings. The van der Waals surface area contributed by atoms with Gasteiger partial charge in [0.15, 0.2) is 0 Å². The van der Waals surface area contributed by atoms with Crippen molar-refractivity contribution < 1.29 is 37.3 Å². The Morgan fingerprint density at radius 2 is 0.866 bits per heavy atom. The van der Waals surface area contributed by atoms with Gasteiger partial charge < -0.3 is 27.9 Å². The van der Waals surface area contributed by atoms with E-state index in [4.69, 9.17) is 18.5 Å². The first-order valence-electron chi connectivity index (χ1n) is 27.3. The molecule has 2 atom stereocenters. The molecule has 0 aromatic heterocycles. The molecule has 0 saturated carbocycles. The van der Waals surface area contributed by atoms with Gasteiger partial charge in [-0.3, -0.25) is 9.36 Å². The van der Waals surface area contributed by atoms with Crippen LogP contribution in [0.1, 0.15) is 219 Å². The van der Waals surface area contributed by atoms with Crippen LogP contribution in [0.25, 0.3) is 0 Å². The van der Waals surface area contributed by atoms with Gasteiger partial charge in [-0.1, -0.05) is 208 Å². The van der Waals surface area contributed by atoms with Crippen molar-refractivity contribution in [3.63, 3.8) is 0 Å². The summed E-state index contributed by atoms with van der Waals surface area (Å²) < 4.78 is 34.8. The molecule has 0 aliphatic carbocycles. The van der Waals surface area contributed by atoms with Crippen LogP contribution in [0.3, 0.4) is 0 Å². The largest absolute Gasteiger partial charge is 0.756 e. The van der Waals surface area contributed by atoms with E-state index in [1.54, 1.807) is 0 Å². The second kappa shape index (κ2) is 50.1. The second-order valence-corrected chi connectivity index (χ2v) is 20.6. The van der Waals surface area contributed by atoms with E-state index in [0.717, 1.165) is 83.5 Å². The van der Waals surface area contributed by atoms with E-state index in [-0.39, 0.29) is 25.8 Å². The zero-order chi connectivity index (χ0) is 49.0. The molecule has 0 aliphatic rings. The van der Waals surface area contributed by atoms with E-state index in [1.165, 1.54) is 116 Å². The van der Waals surface area contributed by atoms with E-state index in [1.807, 2.05) is 21.1 Å². The van der Waals surface area contributed by atoms with E-state index >= 15 is 0 Å². The average molecular weight is 958 g/mol. The predicted octanol–water partition coefficient (Wildman–Crippen LogP) is 16.5. The van der Waals surface area contributed by atoms with Crippen LogP contribution >= 0.6 is 7.82 Å². The minimum absolute atomic E-state index is 0.0152. The number of carbonyl (C=O) groups excluding carboxylic acids is 1. The van der Waals surface area contributed by atoms with Gasteiger partial charge in [0, 0.05) is 13.0 Å². The molecule has 67 heavy (non-hydrogen) atoms. The average Bonchev–Trinajstić information content (AvgIpc) is 3.29. The number of rotatable bonds is 50. The maximum atomic E-state index is 12.8. The Bertz CT molecular complexity index is 1340. The maximum Gasteiger partial charge on any atom is 0.306 e. The minimum Gasteiger partial charge on any atom is -0.756 e. The summed E-state index contributed by atoms with van der Waals surface area (Å²) >= 11 is 0. The van der Waals surface area contributed by atoms with E-state index in [9.17, 15) is 14.3 Å². The van der Waals surface area contributed by atoms with Crippen LogP contribution in [0.15, 0.2) is 85.1 Å². The molecule has 9 heteroatoms. The highest BCUT2D eigenvalue weighted by Crippen LogP contribution is 2.38. The molecule has 0 bridgehead atoms. The van der Waals surface area contributed by atoms with Crippen molar-refractivity contribution in [2.75, 3.05) is 54.1 Å². The summed E-state index contributed by atoms with van der Waals surface area (Å²) in [6.07, 6.45) is 67.6. The van der Waals surface area contributed by atoms with Crippen molar-refractivity contribution in [3.8, 4) is 0 Å². The van der Waals surface area contributed by atoms with Gasteiger partial charge in [-0.25, -0.2) is 0 Å². The fourth-order valence-electron chi connectivity index (χ4n) is 7.25. The van der Waals surface area contributed by atoms with Crippen LogP contribution in [0.2, 0.25) is 0 Å². The lowest BCUT2D eigenvalue weighted by Crippen LogP contribution is -2.37. The molecule has 0 aliphatic heterocycles. The molecule has 0 aromatic carbocycles. The topological polar surface area (TPSA) is 94.1 Å². The number of hydrogen-bond acceptors (Lipinski definition) is 7. The molecule has 0 spiro atoms. The third-order valence-corrected chi connectivity index (χ3v) is 12.4. The van der Waals surface area contributed by atoms with Crippen molar-refractivity contribution in [1.82, 2.24) is 0 Å². The third-order valence-electron chi connectivity index (χ3n) is 11.4. The zero-order valence-corrected chi connectivity index (χ0v) is 45.0. The Labute approximate surface area is 414 Å². The summed E-state index contributed by atoms with van der Waals surface area (Å²) in [7, 11) is 1.33. The molecule has 0 rings (SSSR count). The number of quaternary nitrogens is 1. The SMILES string of the molecule is CC/C=C\C/C=C\C/C=C\C/C=C\C/C=C\C/C=C\CCCCCOCC(COP(=O)([O-])OCC[N+](C)(C)C)OC(=O)CCCCCCCCCCCCC/C=C\CCCCCCCCCC. The number of nitrogens with zero attached hydrogens (tertiary/aromatic N) is 1. The van der Waals surface area contributed by atoms with Gasteiger partial charge in [0.2, 0.25) is 0 Å². The van der Waals surface area contributed by atoms with E-state index in [2.05, 4.69) is 98.9 Å². The number of unbranched alkanes of at least 4 members (excludes halogenated alkanes) is 22. The summed E-state index contributed by atoms with van der Waals surface area (Å²) in [6, 6.07) is 0. The Morgan fingerprint density at radius 1 is 0.478 bits per heavy atom. The number of ether oxygens (including phenoxy) is 2. The second-order valence-electron chi connectivity index (χ2n) is 19.2. The van der Waals surface area contributed by atoms with Crippen LogP contribution in [0.4, 0.5) is 0 Å². The summed E-state index contributed by atoms with van der Waals surface area (Å²) in [5, 5.41) is 0. The van der Waals surface area contributed by atoms with Crippen molar-refractivity contribution in [2.45, 2.75) is 225 Å². The number of carbonyl (C=O) groups is 1. The van der Waals surface area contributed by atoms with Gasteiger partial charge in [-0.05, 0) is 89.9 Å². The van der Waals surface area contributed by atoms with E-state index in [0.29, 0.717) is 24.1 Å². The first-order valence-corrected chi connectivity index (χ1v) is 28.8. The van der Waals surface area contributed by atoms with Crippen LogP contribution in [-0.4, -0.2) is 70.7 Å². The number of phosphoric acid groups is 1. The number of esters is 1. The van der Waals surface area contributed by atoms with Crippen LogP contribution in [-0.2, 0) is 27.9 Å². The predicted molar refractivity (Wildman–Crippen MR) is 286 cm³/mol. The van der Waals surface area contributed by atoms with Crippen LogP contribution in [0, 0.1) is 0 Å². The highest BCUT2D eigenvalue weighted by atomic mass is 31.2. The number of likely N-dealkylation sites (N-methyl/N-ethyl adjacent to an activating group) is 1. The van der Waals surface area contributed by atoms with Gasteiger partial charge in [-0.2, -0.15) is 0 Å². The lowest BCUT2D eigenvalue weighted by atomic mass is 10.0. The highest BCUT2D eigenvalue weighted by Gasteiger charge is 2.20. The molecule has 2 unspecified atom stereocenters. The van der Waals surface area contributed by atoms with Crippen molar-refractivity contribution in [1.29, 1.82) is 0 Å². The Kier molecular flexibility index (Phi) is 48.3. The molecule has 0 N–H and O–H groups in total. The smallest absolute Gasteiger partial charge is 0.306 e. The first kappa shape index (κ1) is 64.7. The number of allylic oxidation sites excluding steroid dienone is 14.